The number of aryl methyl sites for hydroxylation is 1. The van der Waals surface area contributed by atoms with Gasteiger partial charge in [-0.25, -0.2) is 23.8 Å². The van der Waals surface area contributed by atoms with Gasteiger partial charge in [-0.1, -0.05) is 11.3 Å². The van der Waals surface area contributed by atoms with Crippen LogP contribution in [0.15, 0.2) is 35.4 Å². The first-order chi connectivity index (χ1) is 18.7. The predicted octanol–water partition coefficient (Wildman–Crippen LogP) is 2.83. The standard InChI is InChI=1S/C23H22F2N10O2S2/c1-26-23(5-6-23)32-39(36,37)14-12-15-18(21-29-30-22(38-21)20(24)25)31-33(2)19(15)16(13-14)34-8-10-35(11-9-34)17-4-3-7-27-28-17/h3-4,7,12-13,20,32H,5-6,8-11H2,2H3. The van der Waals surface area contributed by atoms with Crippen LogP contribution in [0.3, 0.4) is 0 Å². The summed E-state index contributed by atoms with van der Waals surface area (Å²) in [5.41, 5.74) is 0.398. The number of piperazine rings is 1. The van der Waals surface area contributed by atoms with E-state index < -0.39 is 27.1 Å². The second kappa shape index (κ2) is 9.43. The Kier molecular flexibility index (Phi) is 6.16. The third-order valence-corrected chi connectivity index (χ3v) is 9.24. The SMILES string of the molecule is [C-]#[N+]C1(NS(=O)(=O)c2cc(N3CCN(c4cccnn4)CC3)c3c(c2)c(-c2nnc(C(F)F)s2)nn3C)CC1. The first-order valence-corrected chi connectivity index (χ1v) is 14.3. The van der Waals surface area contributed by atoms with Gasteiger partial charge in [0, 0.05) is 44.8 Å². The van der Waals surface area contributed by atoms with E-state index in [1.807, 2.05) is 12.1 Å². The first kappa shape index (κ1) is 25.5. The van der Waals surface area contributed by atoms with Crippen LogP contribution in [0, 0.1) is 6.57 Å². The minimum atomic E-state index is -4.08. The van der Waals surface area contributed by atoms with Crippen molar-refractivity contribution >= 4 is 43.8 Å². The molecule has 3 aromatic heterocycles. The van der Waals surface area contributed by atoms with E-state index in [9.17, 15) is 17.2 Å². The number of alkyl halides is 2. The molecule has 0 bridgehead atoms. The summed E-state index contributed by atoms with van der Waals surface area (Å²) in [6.07, 6.45) is -0.294. The fraction of sp³-hybridized carbons (Fsp3) is 0.391. The monoisotopic (exact) mass is 572 g/mol. The van der Waals surface area contributed by atoms with Crippen molar-refractivity contribution < 1.29 is 17.2 Å². The molecule has 1 saturated carbocycles. The van der Waals surface area contributed by atoms with Crippen LogP contribution in [0.5, 0.6) is 0 Å². The van der Waals surface area contributed by atoms with Crippen molar-refractivity contribution in [1.29, 1.82) is 0 Å². The molecule has 0 amide bonds. The summed E-state index contributed by atoms with van der Waals surface area (Å²) >= 11 is 0.713. The van der Waals surface area contributed by atoms with Gasteiger partial charge in [0.1, 0.15) is 5.69 Å². The van der Waals surface area contributed by atoms with Crippen molar-refractivity contribution in [2.75, 3.05) is 36.0 Å². The van der Waals surface area contributed by atoms with Gasteiger partial charge >= 0.3 is 0 Å². The summed E-state index contributed by atoms with van der Waals surface area (Å²) in [7, 11) is -2.37. The summed E-state index contributed by atoms with van der Waals surface area (Å²) in [6.45, 7) is 9.77. The van der Waals surface area contributed by atoms with Gasteiger partial charge in [0.15, 0.2) is 15.8 Å². The number of anilines is 2. The molecule has 6 rings (SSSR count). The van der Waals surface area contributed by atoms with Gasteiger partial charge in [0.25, 0.3) is 12.1 Å². The zero-order valence-corrected chi connectivity index (χ0v) is 22.3. The van der Waals surface area contributed by atoms with Gasteiger partial charge in [0.05, 0.1) is 28.9 Å². The highest BCUT2D eigenvalue weighted by Crippen LogP contribution is 2.41. The molecule has 1 aliphatic heterocycles. The Balaban J connectivity index is 1.44. The number of nitrogens with one attached hydrogen (secondary N) is 1. The summed E-state index contributed by atoms with van der Waals surface area (Å²) in [6, 6.07) is 6.75. The van der Waals surface area contributed by atoms with Crippen LogP contribution in [0.25, 0.3) is 26.4 Å². The molecule has 202 valence electrons. The number of sulfonamides is 1. The van der Waals surface area contributed by atoms with Crippen LogP contribution < -0.4 is 14.5 Å². The van der Waals surface area contributed by atoms with Crippen molar-refractivity contribution in [2.24, 2.45) is 7.05 Å². The molecule has 2 aliphatic rings. The molecule has 0 atom stereocenters. The maximum Gasteiger partial charge on any atom is 0.299 e. The zero-order valence-electron chi connectivity index (χ0n) is 20.6. The highest BCUT2D eigenvalue weighted by Gasteiger charge is 2.54. The third-order valence-electron chi connectivity index (χ3n) is 6.80. The molecule has 4 heterocycles. The van der Waals surface area contributed by atoms with Crippen molar-refractivity contribution in [3.05, 3.63) is 46.9 Å². The van der Waals surface area contributed by atoms with Crippen molar-refractivity contribution in [2.45, 2.75) is 29.8 Å². The molecule has 1 N–H and O–H groups in total. The lowest BCUT2D eigenvalue weighted by Crippen LogP contribution is -2.47. The van der Waals surface area contributed by atoms with E-state index in [1.54, 1.807) is 24.0 Å². The normalized spacial score (nSPS) is 17.1. The fourth-order valence-corrected chi connectivity index (χ4v) is 6.75. The number of fused-ring (bicyclic) bond motifs is 1. The van der Waals surface area contributed by atoms with E-state index >= 15 is 0 Å². The smallest absolute Gasteiger partial charge is 0.299 e. The Morgan fingerprint density at radius 2 is 1.87 bits per heavy atom. The molecule has 0 radical (unpaired) electrons. The highest BCUT2D eigenvalue weighted by molar-refractivity contribution is 7.89. The minimum Gasteiger partial charge on any atom is -0.366 e. The van der Waals surface area contributed by atoms with Crippen molar-refractivity contribution in [1.82, 2.24) is 34.9 Å². The number of nitrogens with zero attached hydrogens (tertiary/aromatic N) is 9. The summed E-state index contributed by atoms with van der Waals surface area (Å²) in [5, 5.41) is 20.3. The quantitative estimate of drug-likeness (QED) is 0.333. The molecule has 0 unspecified atom stereocenters. The summed E-state index contributed by atoms with van der Waals surface area (Å²) in [4.78, 5) is 7.59. The molecular formula is C23H22F2N10O2S2. The van der Waals surface area contributed by atoms with Crippen LogP contribution in [0.1, 0.15) is 24.3 Å². The van der Waals surface area contributed by atoms with Gasteiger partial charge < -0.3 is 9.80 Å². The van der Waals surface area contributed by atoms with Crippen molar-refractivity contribution in [3.8, 4) is 10.7 Å². The number of aromatic nitrogens is 6. The van der Waals surface area contributed by atoms with Crippen molar-refractivity contribution in [3.63, 3.8) is 0 Å². The molecule has 39 heavy (non-hydrogen) atoms. The minimum absolute atomic E-state index is 0.0378. The molecule has 16 heteroatoms. The second-order valence-corrected chi connectivity index (χ2v) is 12.1. The topological polar surface area (TPSA) is 126 Å². The second-order valence-electron chi connectivity index (χ2n) is 9.36. The van der Waals surface area contributed by atoms with E-state index in [2.05, 4.69) is 44.9 Å². The lowest BCUT2D eigenvalue weighted by molar-refractivity contribution is 0.150. The largest absolute Gasteiger partial charge is 0.366 e. The van der Waals surface area contributed by atoms with E-state index in [1.165, 1.54) is 6.07 Å². The van der Waals surface area contributed by atoms with E-state index in [0.29, 0.717) is 66.9 Å². The Labute approximate surface area is 226 Å². The number of hydrogen-bond acceptors (Lipinski definition) is 10. The molecule has 0 spiro atoms. The molecule has 1 saturated heterocycles. The Morgan fingerprint density at radius 1 is 1.13 bits per heavy atom. The maximum absolute atomic E-state index is 13.5. The van der Waals surface area contributed by atoms with Gasteiger partial charge in [-0.3, -0.25) is 9.53 Å². The predicted molar refractivity (Wildman–Crippen MR) is 140 cm³/mol. The average molecular weight is 573 g/mol. The molecule has 1 aromatic carbocycles. The first-order valence-electron chi connectivity index (χ1n) is 12.0. The van der Waals surface area contributed by atoms with Gasteiger partial charge in [-0.2, -0.15) is 10.2 Å². The third kappa shape index (κ3) is 4.66. The number of hydrogen-bond donors (Lipinski definition) is 1. The molecule has 4 aromatic rings. The van der Waals surface area contributed by atoms with Gasteiger partial charge in [-0.15, -0.1) is 20.0 Å². The lowest BCUT2D eigenvalue weighted by Gasteiger charge is -2.37. The number of halogens is 2. The molecule has 12 nitrogen and oxygen atoms in total. The lowest BCUT2D eigenvalue weighted by atomic mass is 10.1. The zero-order chi connectivity index (χ0) is 27.4. The van der Waals surface area contributed by atoms with Gasteiger partial charge in [0.2, 0.25) is 10.0 Å². The molecular weight excluding hydrogens is 550 g/mol. The fourth-order valence-electron chi connectivity index (χ4n) is 4.64. The van der Waals surface area contributed by atoms with E-state index in [0.717, 1.165) is 5.82 Å². The van der Waals surface area contributed by atoms with Crippen LogP contribution in [0.2, 0.25) is 0 Å². The van der Waals surface area contributed by atoms with Crippen LogP contribution >= 0.6 is 11.3 Å². The maximum atomic E-state index is 13.5. The summed E-state index contributed by atoms with van der Waals surface area (Å²) < 4.78 is 57.6. The van der Waals surface area contributed by atoms with Crippen LogP contribution in [-0.4, -0.2) is 70.4 Å². The van der Waals surface area contributed by atoms with Crippen LogP contribution in [0.4, 0.5) is 20.3 Å². The van der Waals surface area contributed by atoms with E-state index in [-0.39, 0.29) is 15.6 Å². The summed E-state index contributed by atoms with van der Waals surface area (Å²) in [5.74, 6) is 0.755. The number of rotatable bonds is 7. The molecule has 1 aliphatic carbocycles. The molecule has 2 fully saturated rings. The average Bonchev–Trinajstić information content (AvgIpc) is 3.37. The van der Waals surface area contributed by atoms with E-state index in [4.69, 9.17) is 6.57 Å². The van der Waals surface area contributed by atoms with Crippen LogP contribution in [-0.2, 0) is 17.1 Å². The Hall–Kier alpha value is -3.81. The number of benzene rings is 1. The van der Waals surface area contributed by atoms with Gasteiger partial charge in [-0.05, 0) is 24.3 Å². The Morgan fingerprint density at radius 3 is 2.49 bits per heavy atom. The Bertz CT molecular complexity index is 1690. The highest BCUT2D eigenvalue weighted by atomic mass is 32.2.